The average Bonchev–Trinajstić information content (AvgIpc) is 2.95. The van der Waals surface area contributed by atoms with Crippen LogP contribution in [-0.2, 0) is 13.0 Å². The molecule has 0 bridgehead atoms. The number of benzene rings is 2. The number of urea groups is 1. The van der Waals surface area contributed by atoms with Crippen LogP contribution in [0.25, 0.3) is 0 Å². The number of guanidine groups is 2. The molecule has 2 amide bonds. The lowest BCUT2D eigenvalue weighted by atomic mass is 10.1. The number of fused-ring (bicyclic) bond motifs is 2. The molecule has 9 nitrogen and oxygen atoms in total. The summed E-state index contributed by atoms with van der Waals surface area (Å²) in [6, 6.07) is 15.7. The third kappa shape index (κ3) is 11.0. The van der Waals surface area contributed by atoms with Gasteiger partial charge in [-0.05, 0) is 50.3 Å². The number of aliphatic imine (C=N–C) groups is 2. The van der Waals surface area contributed by atoms with Crippen LogP contribution in [0.2, 0.25) is 0 Å². The number of ether oxygens (including phenoxy) is 1. The van der Waals surface area contributed by atoms with Gasteiger partial charge in [0.25, 0.3) is 0 Å². The third-order valence-corrected chi connectivity index (χ3v) is 6.74. The van der Waals surface area contributed by atoms with Crippen LogP contribution in [0.4, 0.5) is 4.79 Å². The van der Waals surface area contributed by atoms with Crippen molar-refractivity contribution in [3.8, 4) is 11.5 Å². The Morgan fingerprint density at radius 3 is 2.50 bits per heavy atom. The van der Waals surface area contributed by atoms with Crippen LogP contribution in [0, 0.1) is 0 Å². The first kappa shape index (κ1) is 30.5. The zero-order valence-corrected chi connectivity index (χ0v) is 23.8. The summed E-state index contributed by atoms with van der Waals surface area (Å²) >= 11 is 0. The van der Waals surface area contributed by atoms with Crippen LogP contribution in [0.1, 0.15) is 63.0 Å². The molecule has 0 fully saturated rings. The molecule has 0 saturated carbocycles. The molecular formula is C31H45N7O2. The van der Waals surface area contributed by atoms with Gasteiger partial charge in [0.1, 0.15) is 11.5 Å². The third-order valence-electron chi connectivity index (χ3n) is 6.74. The monoisotopic (exact) mass is 547 g/mol. The number of amides is 2. The van der Waals surface area contributed by atoms with Gasteiger partial charge < -0.3 is 26.4 Å². The van der Waals surface area contributed by atoms with Gasteiger partial charge in [0.2, 0.25) is 0 Å². The average molecular weight is 548 g/mol. The molecule has 2 aromatic carbocycles. The molecule has 0 atom stereocenters. The van der Waals surface area contributed by atoms with Crippen LogP contribution in [0.15, 0.2) is 70.7 Å². The molecule has 2 aromatic rings. The minimum atomic E-state index is -0.198. The SMILES string of the molecule is C/C=C/CN=C(N)NCCCCCCCCN1CCCc2ccccc2Oc2ccccc2CN=C(N)NC1=O. The Hall–Kier alpha value is -4.01. The van der Waals surface area contributed by atoms with Gasteiger partial charge in [-0.1, -0.05) is 74.2 Å². The summed E-state index contributed by atoms with van der Waals surface area (Å²) in [5, 5.41) is 5.94. The summed E-state index contributed by atoms with van der Waals surface area (Å²) in [4.78, 5) is 23.5. The van der Waals surface area contributed by atoms with Crippen molar-refractivity contribution < 1.29 is 9.53 Å². The minimum Gasteiger partial charge on any atom is -0.457 e. The fraction of sp³-hybridized carbons (Fsp3) is 0.452. The van der Waals surface area contributed by atoms with Crippen LogP contribution >= 0.6 is 0 Å². The van der Waals surface area contributed by atoms with Gasteiger partial charge >= 0.3 is 6.03 Å². The van der Waals surface area contributed by atoms with Crippen LogP contribution < -0.4 is 26.8 Å². The molecule has 0 spiro atoms. The molecule has 40 heavy (non-hydrogen) atoms. The molecule has 0 radical (unpaired) electrons. The molecule has 0 saturated heterocycles. The predicted molar refractivity (Wildman–Crippen MR) is 164 cm³/mol. The summed E-state index contributed by atoms with van der Waals surface area (Å²) in [5.41, 5.74) is 14.0. The molecule has 1 aliphatic rings. The minimum absolute atomic E-state index is 0.114. The van der Waals surface area contributed by atoms with Gasteiger partial charge in [0.05, 0.1) is 13.1 Å². The number of hydrogen-bond donors (Lipinski definition) is 4. The highest BCUT2D eigenvalue weighted by Gasteiger charge is 2.16. The Kier molecular flexibility index (Phi) is 13.4. The molecule has 1 aliphatic heterocycles. The van der Waals surface area contributed by atoms with E-state index in [0.717, 1.165) is 80.5 Å². The van der Waals surface area contributed by atoms with Crippen molar-refractivity contribution in [2.45, 2.75) is 64.8 Å². The Bertz CT molecular complexity index is 1150. The number of carbonyl (C=O) groups is 1. The van der Waals surface area contributed by atoms with E-state index < -0.39 is 0 Å². The summed E-state index contributed by atoms with van der Waals surface area (Å²) in [6.07, 6.45) is 12.1. The molecule has 0 unspecified atom stereocenters. The van der Waals surface area contributed by atoms with Crippen molar-refractivity contribution in [1.29, 1.82) is 0 Å². The maximum Gasteiger partial charge on any atom is 0.324 e. The van der Waals surface area contributed by atoms with E-state index in [1.54, 1.807) is 0 Å². The molecule has 0 aromatic heterocycles. The summed E-state index contributed by atoms with van der Waals surface area (Å²) in [6.45, 7) is 5.04. The number of carbonyl (C=O) groups excluding carboxylic acids is 1. The highest BCUT2D eigenvalue weighted by atomic mass is 16.5. The first-order valence-electron chi connectivity index (χ1n) is 14.4. The highest BCUT2D eigenvalue weighted by Crippen LogP contribution is 2.29. The van der Waals surface area contributed by atoms with E-state index in [-0.39, 0.29) is 12.0 Å². The van der Waals surface area contributed by atoms with Crippen molar-refractivity contribution in [2.75, 3.05) is 26.2 Å². The van der Waals surface area contributed by atoms with Crippen LogP contribution in [0.3, 0.4) is 0 Å². The lowest BCUT2D eigenvalue weighted by Crippen LogP contribution is -2.46. The number of nitrogens with two attached hydrogens (primary N) is 2. The quantitative estimate of drug-likeness (QED) is 0.135. The van der Waals surface area contributed by atoms with E-state index in [2.05, 4.69) is 26.7 Å². The number of para-hydroxylation sites is 2. The maximum atomic E-state index is 13.1. The highest BCUT2D eigenvalue weighted by molar-refractivity contribution is 5.95. The maximum absolute atomic E-state index is 13.1. The topological polar surface area (TPSA) is 130 Å². The second-order valence-corrected chi connectivity index (χ2v) is 9.88. The fourth-order valence-electron chi connectivity index (χ4n) is 4.50. The summed E-state index contributed by atoms with van der Waals surface area (Å²) in [7, 11) is 0. The second kappa shape index (κ2) is 17.6. The molecule has 3 rings (SSSR count). The van der Waals surface area contributed by atoms with E-state index >= 15 is 0 Å². The number of rotatable bonds is 11. The zero-order valence-electron chi connectivity index (χ0n) is 23.8. The van der Waals surface area contributed by atoms with Crippen LogP contribution in [0.5, 0.6) is 11.5 Å². The Balaban J connectivity index is 1.48. The Morgan fingerprint density at radius 1 is 1.05 bits per heavy atom. The van der Waals surface area contributed by atoms with E-state index in [4.69, 9.17) is 16.2 Å². The summed E-state index contributed by atoms with van der Waals surface area (Å²) < 4.78 is 6.30. The lowest BCUT2D eigenvalue weighted by molar-refractivity contribution is 0.200. The first-order chi connectivity index (χ1) is 19.6. The van der Waals surface area contributed by atoms with Crippen molar-refractivity contribution in [2.24, 2.45) is 21.5 Å². The second-order valence-electron chi connectivity index (χ2n) is 9.88. The van der Waals surface area contributed by atoms with Gasteiger partial charge in [-0.3, -0.25) is 5.32 Å². The lowest BCUT2D eigenvalue weighted by Gasteiger charge is -2.23. The van der Waals surface area contributed by atoms with Crippen LogP contribution in [-0.4, -0.2) is 49.0 Å². The largest absolute Gasteiger partial charge is 0.457 e. The molecule has 9 heteroatoms. The smallest absolute Gasteiger partial charge is 0.324 e. The van der Waals surface area contributed by atoms with Crippen molar-refractivity contribution in [1.82, 2.24) is 15.5 Å². The molecular weight excluding hydrogens is 502 g/mol. The number of hydrogen-bond acceptors (Lipinski definition) is 5. The number of aryl methyl sites for hydroxylation is 1. The first-order valence-corrected chi connectivity index (χ1v) is 14.4. The van der Waals surface area contributed by atoms with E-state index in [1.165, 1.54) is 0 Å². The molecule has 216 valence electrons. The molecule has 0 aliphatic carbocycles. The fourth-order valence-corrected chi connectivity index (χ4v) is 4.50. The van der Waals surface area contributed by atoms with Gasteiger partial charge in [-0.15, -0.1) is 0 Å². The molecule has 6 N–H and O–H groups in total. The normalized spacial score (nSPS) is 14.9. The van der Waals surface area contributed by atoms with Gasteiger partial charge in [0, 0.05) is 25.2 Å². The number of nitrogens with zero attached hydrogens (tertiary/aromatic N) is 3. The van der Waals surface area contributed by atoms with E-state index in [0.29, 0.717) is 32.1 Å². The zero-order chi connectivity index (χ0) is 28.4. The van der Waals surface area contributed by atoms with Crippen molar-refractivity contribution in [3.63, 3.8) is 0 Å². The van der Waals surface area contributed by atoms with E-state index in [9.17, 15) is 4.79 Å². The van der Waals surface area contributed by atoms with Gasteiger partial charge in [0.15, 0.2) is 11.9 Å². The Labute approximate surface area is 238 Å². The van der Waals surface area contributed by atoms with Crippen molar-refractivity contribution >= 4 is 18.0 Å². The predicted octanol–water partition coefficient (Wildman–Crippen LogP) is 5.07. The van der Waals surface area contributed by atoms with E-state index in [1.807, 2.05) is 66.4 Å². The molecule has 1 heterocycles. The summed E-state index contributed by atoms with van der Waals surface area (Å²) in [5.74, 6) is 2.19. The standard InChI is InChI=1S/C31H45N7O2/c1-2-3-20-34-29(32)35-21-12-6-4-5-7-13-22-38-23-14-17-25-15-8-10-18-27(25)40-28-19-11-9-16-26(28)24-36-30(33)37-31(38)39/h2-3,8-11,15-16,18-19H,4-7,12-14,17,20-24H2,1H3,(H3,32,34,35)(H3,33,36,37,39)/b3-2+. The van der Waals surface area contributed by atoms with Gasteiger partial charge in [-0.2, -0.15) is 0 Å². The Morgan fingerprint density at radius 2 is 1.73 bits per heavy atom. The van der Waals surface area contributed by atoms with Gasteiger partial charge in [-0.25, -0.2) is 14.8 Å². The number of unbranched alkanes of at least 4 members (excludes halogenated alkanes) is 5. The number of allylic oxidation sites excluding steroid dienone is 1. The number of nitrogens with one attached hydrogen (secondary N) is 2. The van der Waals surface area contributed by atoms with Crippen molar-refractivity contribution in [3.05, 3.63) is 71.8 Å².